The van der Waals surface area contributed by atoms with E-state index in [0.29, 0.717) is 18.2 Å². The quantitative estimate of drug-likeness (QED) is 0.889. The Balaban J connectivity index is 1.62. The second kappa shape index (κ2) is 6.20. The molecule has 1 aromatic rings. The Bertz CT molecular complexity index is 560. The lowest BCUT2D eigenvalue weighted by atomic mass is 9.81. The summed E-state index contributed by atoms with van der Waals surface area (Å²) in [5.74, 6) is 0.0538. The average molecular weight is 305 g/mol. The van der Waals surface area contributed by atoms with Gasteiger partial charge < -0.3 is 5.11 Å². The summed E-state index contributed by atoms with van der Waals surface area (Å²) in [5.41, 5.74) is 2.73. The number of fused-ring (bicyclic) bond motifs is 1. The third-order valence-corrected chi connectivity index (χ3v) is 5.62. The van der Waals surface area contributed by atoms with Gasteiger partial charge in [0.15, 0.2) is 0 Å². The number of hydrogen-bond acceptors (Lipinski definition) is 4. The molecule has 0 spiro atoms. The molecule has 0 radical (unpaired) electrons. The molecule has 1 fully saturated rings. The van der Waals surface area contributed by atoms with Gasteiger partial charge in [-0.15, -0.1) is 11.8 Å². The summed E-state index contributed by atoms with van der Waals surface area (Å²) in [4.78, 5) is 23.6. The van der Waals surface area contributed by atoms with Crippen molar-refractivity contribution in [2.24, 2.45) is 5.92 Å². The van der Waals surface area contributed by atoms with Gasteiger partial charge in [-0.25, -0.2) is 0 Å². The van der Waals surface area contributed by atoms with E-state index in [1.807, 2.05) is 6.07 Å². The number of benzene rings is 1. The van der Waals surface area contributed by atoms with Gasteiger partial charge in [0.05, 0.1) is 5.25 Å². The Morgan fingerprint density at radius 2 is 2.05 bits per heavy atom. The predicted octanol–water partition coefficient (Wildman–Crippen LogP) is 1.87. The molecule has 2 unspecified atom stereocenters. The van der Waals surface area contributed by atoms with Crippen LogP contribution in [0.5, 0.6) is 0 Å². The zero-order valence-corrected chi connectivity index (χ0v) is 12.6. The molecular formula is C16H19NO3S. The number of carboxylic acids is 1. The SMILES string of the molecule is O=C(CC1CCc2ccccc2C1)C1SCN[C@H]1C(=O)O. The third kappa shape index (κ3) is 3.14. The van der Waals surface area contributed by atoms with Crippen molar-refractivity contribution in [3.63, 3.8) is 0 Å². The number of carbonyl (C=O) groups excluding carboxylic acids is 1. The second-order valence-corrected chi connectivity index (χ2v) is 6.93. The summed E-state index contributed by atoms with van der Waals surface area (Å²) in [7, 11) is 0. The summed E-state index contributed by atoms with van der Waals surface area (Å²) < 4.78 is 0. The molecule has 112 valence electrons. The van der Waals surface area contributed by atoms with Gasteiger partial charge in [0.2, 0.25) is 0 Å². The maximum absolute atomic E-state index is 12.4. The first-order valence-corrected chi connectivity index (χ1v) is 8.37. The number of Topliss-reactive ketones (excluding diaryl/α,β-unsaturated/α-hetero) is 1. The maximum atomic E-state index is 12.4. The lowest BCUT2D eigenvalue weighted by molar-refractivity contribution is -0.140. The van der Waals surface area contributed by atoms with Crippen LogP contribution in [0, 0.1) is 5.92 Å². The molecule has 0 bridgehead atoms. The van der Waals surface area contributed by atoms with Crippen LogP contribution in [0.3, 0.4) is 0 Å². The molecule has 3 atom stereocenters. The average Bonchev–Trinajstić information content (AvgIpc) is 2.97. The highest BCUT2D eigenvalue weighted by Gasteiger charge is 2.38. The molecule has 1 aromatic carbocycles. The van der Waals surface area contributed by atoms with Crippen molar-refractivity contribution in [3.05, 3.63) is 35.4 Å². The predicted molar refractivity (Wildman–Crippen MR) is 82.4 cm³/mol. The van der Waals surface area contributed by atoms with Crippen molar-refractivity contribution in [2.45, 2.75) is 37.0 Å². The van der Waals surface area contributed by atoms with Gasteiger partial charge in [-0.1, -0.05) is 24.3 Å². The van der Waals surface area contributed by atoms with Gasteiger partial charge >= 0.3 is 5.97 Å². The molecular weight excluding hydrogens is 286 g/mol. The van der Waals surface area contributed by atoms with Crippen molar-refractivity contribution in [2.75, 3.05) is 5.88 Å². The molecule has 1 heterocycles. The van der Waals surface area contributed by atoms with Gasteiger partial charge in [0.1, 0.15) is 11.8 Å². The van der Waals surface area contributed by atoms with E-state index < -0.39 is 17.3 Å². The number of hydrogen-bond donors (Lipinski definition) is 2. The van der Waals surface area contributed by atoms with Gasteiger partial charge in [-0.3, -0.25) is 14.9 Å². The minimum absolute atomic E-state index is 0.0850. The summed E-state index contributed by atoms with van der Waals surface area (Å²) in [6.45, 7) is 0. The van der Waals surface area contributed by atoms with Gasteiger partial charge in [-0.2, -0.15) is 0 Å². The molecule has 5 heteroatoms. The molecule has 3 rings (SSSR count). The standard InChI is InChI=1S/C16H19NO3S/c18-13(15-14(16(19)20)17-9-21-15)8-10-5-6-11-3-1-2-4-12(11)7-10/h1-4,10,14-15,17H,5-9H2,(H,19,20)/t10?,14-,15?/m1/s1. The van der Waals surface area contributed by atoms with E-state index >= 15 is 0 Å². The fourth-order valence-corrected chi connectivity index (χ4v) is 4.42. The molecule has 1 aliphatic carbocycles. The zero-order chi connectivity index (χ0) is 14.8. The molecule has 4 nitrogen and oxygen atoms in total. The summed E-state index contributed by atoms with van der Waals surface area (Å²) in [5, 5.41) is 11.6. The Morgan fingerprint density at radius 1 is 1.29 bits per heavy atom. The fourth-order valence-electron chi connectivity index (χ4n) is 3.27. The van der Waals surface area contributed by atoms with Crippen molar-refractivity contribution >= 4 is 23.5 Å². The van der Waals surface area contributed by atoms with Gasteiger partial charge in [0.25, 0.3) is 0 Å². The van der Waals surface area contributed by atoms with Crippen molar-refractivity contribution in [3.8, 4) is 0 Å². The number of rotatable bonds is 4. The largest absolute Gasteiger partial charge is 0.480 e. The minimum Gasteiger partial charge on any atom is -0.480 e. The number of carboxylic acid groups (broad SMARTS) is 1. The van der Waals surface area contributed by atoms with Crippen molar-refractivity contribution < 1.29 is 14.7 Å². The van der Waals surface area contributed by atoms with E-state index in [9.17, 15) is 9.59 Å². The number of nitrogens with one attached hydrogen (secondary N) is 1. The number of ketones is 1. The molecule has 2 aliphatic rings. The molecule has 0 aromatic heterocycles. The molecule has 21 heavy (non-hydrogen) atoms. The number of aryl methyl sites for hydroxylation is 1. The van der Waals surface area contributed by atoms with E-state index in [0.717, 1.165) is 19.3 Å². The highest BCUT2D eigenvalue weighted by molar-refractivity contribution is 8.00. The van der Waals surface area contributed by atoms with E-state index in [1.54, 1.807) is 0 Å². The second-order valence-electron chi connectivity index (χ2n) is 5.80. The normalized spacial score (nSPS) is 28.1. The van der Waals surface area contributed by atoms with Crippen LogP contribution < -0.4 is 5.32 Å². The maximum Gasteiger partial charge on any atom is 0.322 e. The van der Waals surface area contributed by atoms with Crippen LogP contribution in [-0.4, -0.2) is 34.0 Å². The van der Waals surface area contributed by atoms with E-state index in [1.165, 1.54) is 22.9 Å². The lowest BCUT2D eigenvalue weighted by Crippen LogP contribution is -2.42. The summed E-state index contributed by atoms with van der Waals surface area (Å²) in [6.07, 6.45) is 3.47. The first-order valence-electron chi connectivity index (χ1n) is 7.32. The molecule has 1 saturated heterocycles. The molecule has 1 aliphatic heterocycles. The monoisotopic (exact) mass is 305 g/mol. The highest BCUT2D eigenvalue weighted by Crippen LogP contribution is 2.30. The van der Waals surface area contributed by atoms with Crippen LogP contribution in [0.15, 0.2) is 24.3 Å². The fraction of sp³-hybridized carbons (Fsp3) is 0.500. The Morgan fingerprint density at radius 3 is 2.81 bits per heavy atom. The van der Waals surface area contributed by atoms with Crippen LogP contribution in [0.25, 0.3) is 0 Å². The van der Waals surface area contributed by atoms with Crippen LogP contribution in [-0.2, 0) is 22.4 Å². The third-order valence-electron chi connectivity index (χ3n) is 4.39. The van der Waals surface area contributed by atoms with E-state index in [4.69, 9.17) is 5.11 Å². The molecule has 2 N–H and O–H groups in total. The van der Waals surface area contributed by atoms with Crippen molar-refractivity contribution in [1.82, 2.24) is 5.32 Å². The van der Waals surface area contributed by atoms with Gasteiger partial charge in [-0.05, 0) is 36.3 Å². The minimum atomic E-state index is -0.924. The lowest BCUT2D eigenvalue weighted by Gasteiger charge is -2.25. The van der Waals surface area contributed by atoms with Crippen LogP contribution >= 0.6 is 11.8 Å². The Labute approximate surface area is 128 Å². The summed E-state index contributed by atoms with van der Waals surface area (Å²) in [6, 6.07) is 7.67. The zero-order valence-electron chi connectivity index (χ0n) is 11.7. The molecule has 0 saturated carbocycles. The van der Waals surface area contributed by atoms with Crippen molar-refractivity contribution in [1.29, 1.82) is 0 Å². The van der Waals surface area contributed by atoms with Crippen LogP contribution in [0.2, 0.25) is 0 Å². The number of aliphatic carboxylic acids is 1. The Hall–Kier alpha value is -1.33. The Kier molecular flexibility index (Phi) is 4.31. The number of thioether (sulfide) groups is 1. The first-order chi connectivity index (χ1) is 10.1. The smallest absolute Gasteiger partial charge is 0.322 e. The number of carbonyl (C=O) groups is 2. The van der Waals surface area contributed by atoms with E-state index in [2.05, 4.69) is 23.5 Å². The summed E-state index contributed by atoms with van der Waals surface area (Å²) >= 11 is 1.42. The van der Waals surface area contributed by atoms with Crippen LogP contribution in [0.1, 0.15) is 24.0 Å². The van der Waals surface area contributed by atoms with E-state index in [-0.39, 0.29) is 5.78 Å². The first kappa shape index (κ1) is 14.6. The van der Waals surface area contributed by atoms with Gasteiger partial charge in [0, 0.05) is 12.3 Å². The molecule has 0 amide bonds. The highest BCUT2D eigenvalue weighted by atomic mass is 32.2. The topological polar surface area (TPSA) is 66.4 Å². The van der Waals surface area contributed by atoms with Crippen LogP contribution in [0.4, 0.5) is 0 Å².